The molecule has 1 atom stereocenters. The van der Waals surface area contributed by atoms with Crippen molar-refractivity contribution in [1.29, 1.82) is 0 Å². The fourth-order valence-corrected chi connectivity index (χ4v) is 3.64. The van der Waals surface area contributed by atoms with Gasteiger partial charge in [-0.15, -0.1) is 0 Å². The molecule has 3 heterocycles. The minimum atomic E-state index is -0.423. The standard InChI is InChI=1S/C19H28N4O3/c1-22(13-15-4-9-26-10-5-15)18(24)11-17-19(25)21-7-8-23(17)14-16-3-2-6-20-12-16/h2-3,6,12,15,17H,4-5,7-11,13-14H2,1H3,(H,21,25). The second kappa shape index (κ2) is 9.09. The second-order valence-electron chi connectivity index (χ2n) is 7.17. The van der Waals surface area contributed by atoms with E-state index in [1.807, 2.05) is 25.4 Å². The molecule has 1 aromatic heterocycles. The van der Waals surface area contributed by atoms with E-state index in [9.17, 15) is 9.59 Å². The molecule has 0 bridgehead atoms. The molecular formula is C19H28N4O3. The monoisotopic (exact) mass is 360 g/mol. The van der Waals surface area contributed by atoms with Crippen molar-refractivity contribution in [2.45, 2.75) is 31.8 Å². The van der Waals surface area contributed by atoms with Crippen LogP contribution in [0.15, 0.2) is 24.5 Å². The van der Waals surface area contributed by atoms with Crippen LogP contribution >= 0.6 is 0 Å². The Bertz CT molecular complexity index is 604. The first kappa shape index (κ1) is 18.8. The summed E-state index contributed by atoms with van der Waals surface area (Å²) in [6.07, 6.45) is 5.75. The van der Waals surface area contributed by atoms with Gasteiger partial charge in [0.2, 0.25) is 11.8 Å². The lowest BCUT2D eigenvalue weighted by molar-refractivity contribution is -0.138. The summed E-state index contributed by atoms with van der Waals surface area (Å²) in [5.41, 5.74) is 1.05. The highest BCUT2D eigenvalue weighted by Crippen LogP contribution is 2.18. The number of carbonyl (C=O) groups excluding carboxylic acids is 2. The molecule has 3 rings (SSSR count). The minimum absolute atomic E-state index is 0.0229. The summed E-state index contributed by atoms with van der Waals surface area (Å²) in [5.74, 6) is 0.451. The summed E-state index contributed by atoms with van der Waals surface area (Å²) in [6, 6.07) is 3.46. The SMILES string of the molecule is CN(CC1CCOCC1)C(=O)CC1C(=O)NCCN1Cc1cccnc1. The zero-order chi connectivity index (χ0) is 18.4. The number of piperazine rings is 1. The third-order valence-corrected chi connectivity index (χ3v) is 5.22. The molecule has 2 saturated heterocycles. The molecule has 7 nitrogen and oxygen atoms in total. The van der Waals surface area contributed by atoms with Gasteiger partial charge in [-0.25, -0.2) is 0 Å². The van der Waals surface area contributed by atoms with Crippen molar-refractivity contribution in [3.05, 3.63) is 30.1 Å². The number of carbonyl (C=O) groups is 2. The molecule has 0 aromatic carbocycles. The fourth-order valence-electron chi connectivity index (χ4n) is 3.64. The average Bonchev–Trinajstić information content (AvgIpc) is 2.66. The Morgan fingerprint density at radius 1 is 1.42 bits per heavy atom. The normalized spacial score (nSPS) is 22.0. The molecule has 1 N–H and O–H groups in total. The number of pyridine rings is 1. The Hall–Kier alpha value is -1.99. The van der Waals surface area contributed by atoms with Crippen LogP contribution < -0.4 is 5.32 Å². The number of ether oxygens (including phenoxy) is 1. The molecule has 2 aliphatic rings. The lowest BCUT2D eigenvalue weighted by Gasteiger charge is -2.35. The number of hydrogen-bond donors (Lipinski definition) is 1. The summed E-state index contributed by atoms with van der Waals surface area (Å²) in [4.78, 5) is 33.1. The molecule has 142 valence electrons. The molecule has 0 aliphatic carbocycles. The van der Waals surface area contributed by atoms with Crippen LogP contribution in [0.25, 0.3) is 0 Å². The number of nitrogens with one attached hydrogen (secondary N) is 1. The molecule has 0 saturated carbocycles. The van der Waals surface area contributed by atoms with Gasteiger partial charge in [-0.1, -0.05) is 6.07 Å². The number of amides is 2. The third-order valence-electron chi connectivity index (χ3n) is 5.22. The Morgan fingerprint density at radius 3 is 2.96 bits per heavy atom. The Kier molecular flexibility index (Phi) is 6.57. The van der Waals surface area contributed by atoms with Gasteiger partial charge in [-0.3, -0.25) is 19.5 Å². The molecule has 7 heteroatoms. The van der Waals surface area contributed by atoms with Crippen molar-refractivity contribution in [3.8, 4) is 0 Å². The predicted octanol–water partition coefficient (Wildman–Crippen LogP) is 0.657. The molecule has 26 heavy (non-hydrogen) atoms. The first-order chi connectivity index (χ1) is 12.6. The van der Waals surface area contributed by atoms with Crippen molar-refractivity contribution in [3.63, 3.8) is 0 Å². The van der Waals surface area contributed by atoms with Gasteiger partial charge in [0.25, 0.3) is 0 Å². The topological polar surface area (TPSA) is 74.8 Å². The van der Waals surface area contributed by atoms with Crippen LogP contribution in [0.1, 0.15) is 24.8 Å². The Balaban J connectivity index is 1.58. The Labute approximate surface area is 154 Å². The third kappa shape index (κ3) is 5.02. The van der Waals surface area contributed by atoms with E-state index >= 15 is 0 Å². The number of nitrogens with zero attached hydrogens (tertiary/aromatic N) is 3. The van der Waals surface area contributed by atoms with Crippen molar-refractivity contribution in [1.82, 2.24) is 20.1 Å². The Morgan fingerprint density at radius 2 is 2.23 bits per heavy atom. The van der Waals surface area contributed by atoms with Crippen LogP contribution in [0.3, 0.4) is 0 Å². The molecule has 0 spiro atoms. The number of rotatable bonds is 6. The van der Waals surface area contributed by atoms with Gasteiger partial charge < -0.3 is 15.0 Å². The van der Waals surface area contributed by atoms with Crippen molar-refractivity contribution in [2.24, 2.45) is 5.92 Å². The van der Waals surface area contributed by atoms with Crippen molar-refractivity contribution >= 4 is 11.8 Å². The average molecular weight is 360 g/mol. The van der Waals surface area contributed by atoms with Gasteiger partial charge in [0, 0.05) is 58.8 Å². The van der Waals surface area contributed by atoms with Gasteiger partial charge in [0.05, 0.1) is 12.5 Å². The van der Waals surface area contributed by atoms with Gasteiger partial charge >= 0.3 is 0 Å². The maximum absolute atomic E-state index is 12.7. The van der Waals surface area contributed by atoms with E-state index in [0.29, 0.717) is 19.0 Å². The highest BCUT2D eigenvalue weighted by Gasteiger charge is 2.32. The quantitative estimate of drug-likeness (QED) is 0.807. The van der Waals surface area contributed by atoms with Gasteiger partial charge in [-0.2, -0.15) is 0 Å². The molecule has 1 unspecified atom stereocenters. The molecule has 2 aliphatic heterocycles. The highest BCUT2D eigenvalue weighted by molar-refractivity contribution is 5.88. The summed E-state index contributed by atoms with van der Waals surface area (Å²) < 4.78 is 5.38. The van der Waals surface area contributed by atoms with Crippen LogP contribution in [-0.2, 0) is 20.9 Å². The first-order valence-corrected chi connectivity index (χ1v) is 9.36. The van der Waals surface area contributed by atoms with Crippen LogP contribution in [-0.4, -0.2) is 72.5 Å². The zero-order valence-electron chi connectivity index (χ0n) is 15.4. The van der Waals surface area contributed by atoms with E-state index < -0.39 is 6.04 Å². The van der Waals surface area contributed by atoms with E-state index in [1.165, 1.54) is 0 Å². The van der Waals surface area contributed by atoms with Crippen LogP contribution in [0.2, 0.25) is 0 Å². The summed E-state index contributed by atoms with van der Waals surface area (Å²) in [5, 5.41) is 2.89. The zero-order valence-corrected chi connectivity index (χ0v) is 15.4. The van der Waals surface area contributed by atoms with Gasteiger partial charge in [0.1, 0.15) is 0 Å². The molecule has 1 aromatic rings. The number of aromatic nitrogens is 1. The van der Waals surface area contributed by atoms with E-state index in [0.717, 1.165) is 44.7 Å². The van der Waals surface area contributed by atoms with E-state index in [1.54, 1.807) is 11.1 Å². The number of hydrogen-bond acceptors (Lipinski definition) is 5. The van der Waals surface area contributed by atoms with Gasteiger partial charge in [-0.05, 0) is 30.4 Å². The lowest BCUT2D eigenvalue weighted by Crippen LogP contribution is -2.56. The van der Waals surface area contributed by atoms with E-state index in [2.05, 4.69) is 15.2 Å². The summed E-state index contributed by atoms with van der Waals surface area (Å²) >= 11 is 0. The molecule has 2 fully saturated rings. The maximum atomic E-state index is 12.7. The van der Waals surface area contributed by atoms with Crippen LogP contribution in [0.4, 0.5) is 0 Å². The molecular weight excluding hydrogens is 332 g/mol. The minimum Gasteiger partial charge on any atom is -0.381 e. The summed E-state index contributed by atoms with van der Waals surface area (Å²) in [6.45, 7) is 4.26. The van der Waals surface area contributed by atoms with Crippen LogP contribution in [0.5, 0.6) is 0 Å². The molecule has 2 amide bonds. The lowest BCUT2D eigenvalue weighted by atomic mass is 9.99. The van der Waals surface area contributed by atoms with E-state index in [-0.39, 0.29) is 18.2 Å². The largest absolute Gasteiger partial charge is 0.381 e. The highest BCUT2D eigenvalue weighted by atomic mass is 16.5. The van der Waals surface area contributed by atoms with E-state index in [4.69, 9.17) is 4.74 Å². The van der Waals surface area contributed by atoms with Crippen molar-refractivity contribution in [2.75, 3.05) is 39.9 Å². The molecule has 0 radical (unpaired) electrons. The second-order valence-corrected chi connectivity index (χ2v) is 7.17. The maximum Gasteiger partial charge on any atom is 0.237 e. The van der Waals surface area contributed by atoms with Crippen molar-refractivity contribution < 1.29 is 14.3 Å². The summed E-state index contributed by atoms with van der Waals surface area (Å²) in [7, 11) is 1.84. The smallest absolute Gasteiger partial charge is 0.237 e. The first-order valence-electron chi connectivity index (χ1n) is 9.36. The van der Waals surface area contributed by atoms with Crippen LogP contribution in [0, 0.1) is 5.92 Å². The van der Waals surface area contributed by atoms with Gasteiger partial charge in [0.15, 0.2) is 0 Å². The fraction of sp³-hybridized carbons (Fsp3) is 0.632. The predicted molar refractivity (Wildman–Crippen MR) is 97.2 cm³/mol.